The first-order chi connectivity index (χ1) is 9.57. The molecule has 0 atom stereocenters. The molecular formula is C16H21NO3. The molecular weight excluding hydrogens is 254 g/mol. The Kier molecular flexibility index (Phi) is 4.93. The van der Waals surface area contributed by atoms with Gasteiger partial charge in [-0.2, -0.15) is 0 Å². The second kappa shape index (κ2) is 6.68. The van der Waals surface area contributed by atoms with Crippen LogP contribution in [0.3, 0.4) is 0 Å². The molecule has 1 aliphatic rings. The Labute approximate surface area is 119 Å². The Morgan fingerprint density at radius 1 is 1.30 bits per heavy atom. The number of rotatable bonds is 5. The van der Waals surface area contributed by atoms with Crippen LogP contribution >= 0.6 is 0 Å². The summed E-state index contributed by atoms with van der Waals surface area (Å²) in [6.07, 6.45) is 4.00. The maximum Gasteiger partial charge on any atom is 0.244 e. The summed E-state index contributed by atoms with van der Waals surface area (Å²) in [5.41, 5.74) is 2.22. The van der Waals surface area contributed by atoms with Gasteiger partial charge in [-0.05, 0) is 25.5 Å². The minimum absolute atomic E-state index is 0.104. The van der Waals surface area contributed by atoms with Crippen molar-refractivity contribution in [2.75, 3.05) is 19.8 Å². The first-order valence-corrected chi connectivity index (χ1v) is 6.88. The summed E-state index contributed by atoms with van der Waals surface area (Å²) in [6.45, 7) is 5.71. The lowest BCUT2D eigenvalue weighted by Gasteiger charge is -2.21. The minimum Gasteiger partial charge on any atom is -0.352 e. The lowest BCUT2D eigenvalue weighted by molar-refractivity contribution is -0.146. The van der Waals surface area contributed by atoms with Gasteiger partial charge in [0.05, 0.1) is 13.2 Å². The Morgan fingerprint density at radius 3 is 2.60 bits per heavy atom. The number of hydrogen-bond donors (Lipinski definition) is 1. The molecule has 1 aromatic carbocycles. The van der Waals surface area contributed by atoms with E-state index in [1.54, 1.807) is 12.2 Å². The quantitative estimate of drug-likeness (QED) is 0.839. The molecule has 1 aromatic rings. The number of carbonyl (C=O) groups is 1. The number of nitrogens with one attached hydrogen (secondary N) is 1. The highest BCUT2D eigenvalue weighted by Gasteiger charge is 2.30. The minimum atomic E-state index is -0.548. The van der Waals surface area contributed by atoms with Crippen LogP contribution in [0.1, 0.15) is 24.5 Å². The second-order valence-electron chi connectivity index (χ2n) is 5.12. The zero-order valence-electron chi connectivity index (χ0n) is 12.0. The van der Waals surface area contributed by atoms with Gasteiger partial charge in [-0.3, -0.25) is 4.79 Å². The van der Waals surface area contributed by atoms with Crippen molar-refractivity contribution in [3.8, 4) is 0 Å². The van der Waals surface area contributed by atoms with E-state index in [0.717, 1.165) is 5.56 Å². The number of aryl methyl sites for hydroxylation is 1. The maximum atomic E-state index is 11.7. The smallest absolute Gasteiger partial charge is 0.244 e. The standard InChI is InChI=1S/C16H21NO3/c1-13-3-5-14(6-4-13)7-8-15(18)17-10-9-16(2)19-11-12-20-16/h3-8H,9-12H2,1-2H3,(H,17,18)/b8-7+. The van der Waals surface area contributed by atoms with E-state index < -0.39 is 5.79 Å². The summed E-state index contributed by atoms with van der Waals surface area (Å²) in [6, 6.07) is 8.01. The topological polar surface area (TPSA) is 47.6 Å². The second-order valence-corrected chi connectivity index (χ2v) is 5.12. The fourth-order valence-corrected chi connectivity index (χ4v) is 2.02. The van der Waals surface area contributed by atoms with Gasteiger partial charge >= 0.3 is 0 Å². The van der Waals surface area contributed by atoms with E-state index in [2.05, 4.69) is 5.32 Å². The molecule has 1 amide bonds. The Hall–Kier alpha value is -1.65. The predicted octanol–water partition coefficient (Wildman–Crippen LogP) is 2.28. The maximum absolute atomic E-state index is 11.7. The van der Waals surface area contributed by atoms with Crippen LogP contribution < -0.4 is 5.32 Å². The molecule has 20 heavy (non-hydrogen) atoms. The number of ether oxygens (including phenoxy) is 2. The highest BCUT2D eigenvalue weighted by Crippen LogP contribution is 2.21. The van der Waals surface area contributed by atoms with E-state index in [1.807, 2.05) is 38.1 Å². The van der Waals surface area contributed by atoms with Crippen LogP contribution in [0.5, 0.6) is 0 Å². The Morgan fingerprint density at radius 2 is 1.95 bits per heavy atom. The fourth-order valence-electron chi connectivity index (χ4n) is 2.02. The van der Waals surface area contributed by atoms with E-state index >= 15 is 0 Å². The lowest BCUT2D eigenvalue weighted by Crippen LogP contribution is -2.32. The van der Waals surface area contributed by atoms with Crippen LogP contribution in [-0.2, 0) is 14.3 Å². The largest absolute Gasteiger partial charge is 0.352 e. The van der Waals surface area contributed by atoms with Crippen molar-refractivity contribution >= 4 is 12.0 Å². The van der Waals surface area contributed by atoms with Gasteiger partial charge in [0.15, 0.2) is 5.79 Å². The summed E-state index contributed by atoms with van der Waals surface area (Å²) in [4.78, 5) is 11.7. The Bertz CT molecular complexity index is 473. The van der Waals surface area contributed by atoms with Gasteiger partial charge in [0.2, 0.25) is 5.91 Å². The van der Waals surface area contributed by atoms with Gasteiger partial charge in [0.25, 0.3) is 0 Å². The third-order valence-electron chi connectivity index (χ3n) is 3.28. The van der Waals surface area contributed by atoms with Crippen LogP contribution in [-0.4, -0.2) is 31.5 Å². The first kappa shape index (κ1) is 14.8. The fraction of sp³-hybridized carbons (Fsp3) is 0.438. The Balaban J connectivity index is 1.73. The summed E-state index contributed by atoms with van der Waals surface area (Å²) < 4.78 is 10.9. The molecule has 4 nitrogen and oxygen atoms in total. The van der Waals surface area contributed by atoms with E-state index in [9.17, 15) is 4.79 Å². The van der Waals surface area contributed by atoms with Gasteiger partial charge in [-0.15, -0.1) is 0 Å². The molecule has 1 saturated heterocycles. The van der Waals surface area contributed by atoms with Gasteiger partial charge < -0.3 is 14.8 Å². The normalized spacial score (nSPS) is 17.5. The molecule has 0 aliphatic carbocycles. The average Bonchev–Trinajstić information content (AvgIpc) is 2.85. The molecule has 0 spiro atoms. The molecule has 1 N–H and O–H groups in total. The van der Waals surface area contributed by atoms with Crippen molar-refractivity contribution in [2.24, 2.45) is 0 Å². The number of benzene rings is 1. The average molecular weight is 275 g/mol. The number of carbonyl (C=O) groups excluding carboxylic acids is 1. The molecule has 0 aromatic heterocycles. The van der Waals surface area contributed by atoms with Crippen molar-refractivity contribution in [3.05, 3.63) is 41.5 Å². The van der Waals surface area contributed by atoms with E-state index in [4.69, 9.17) is 9.47 Å². The molecule has 0 radical (unpaired) electrons. The van der Waals surface area contributed by atoms with Crippen molar-refractivity contribution in [3.63, 3.8) is 0 Å². The molecule has 1 heterocycles. The molecule has 2 rings (SSSR count). The zero-order valence-corrected chi connectivity index (χ0v) is 12.0. The van der Waals surface area contributed by atoms with Gasteiger partial charge in [-0.1, -0.05) is 29.8 Å². The summed E-state index contributed by atoms with van der Waals surface area (Å²) in [5, 5.41) is 2.83. The molecule has 108 valence electrons. The molecule has 0 unspecified atom stereocenters. The van der Waals surface area contributed by atoms with E-state index in [-0.39, 0.29) is 5.91 Å². The van der Waals surface area contributed by atoms with Crippen molar-refractivity contribution in [1.29, 1.82) is 0 Å². The van der Waals surface area contributed by atoms with Gasteiger partial charge in [0, 0.05) is 19.0 Å². The van der Waals surface area contributed by atoms with Crippen molar-refractivity contribution < 1.29 is 14.3 Å². The van der Waals surface area contributed by atoms with Crippen molar-refractivity contribution in [1.82, 2.24) is 5.32 Å². The summed E-state index contributed by atoms with van der Waals surface area (Å²) in [5.74, 6) is -0.652. The SMILES string of the molecule is Cc1ccc(/C=C/C(=O)NCCC2(C)OCCO2)cc1. The zero-order chi connectivity index (χ0) is 14.4. The van der Waals surface area contributed by atoms with Crippen LogP contribution in [0, 0.1) is 6.92 Å². The van der Waals surface area contributed by atoms with Gasteiger partial charge in [0.1, 0.15) is 0 Å². The van der Waals surface area contributed by atoms with E-state index in [0.29, 0.717) is 26.2 Å². The lowest BCUT2D eigenvalue weighted by atomic mass is 10.1. The van der Waals surface area contributed by atoms with Crippen LogP contribution in [0.25, 0.3) is 6.08 Å². The molecule has 1 fully saturated rings. The highest BCUT2D eigenvalue weighted by atomic mass is 16.7. The third-order valence-corrected chi connectivity index (χ3v) is 3.28. The first-order valence-electron chi connectivity index (χ1n) is 6.88. The predicted molar refractivity (Wildman–Crippen MR) is 78.1 cm³/mol. The number of amides is 1. The monoisotopic (exact) mass is 275 g/mol. The van der Waals surface area contributed by atoms with Gasteiger partial charge in [-0.25, -0.2) is 0 Å². The van der Waals surface area contributed by atoms with Crippen LogP contribution in [0.2, 0.25) is 0 Å². The van der Waals surface area contributed by atoms with E-state index in [1.165, 1.54) is 5.56 Å². The molecule has 0 bridgehead atoms. The van der Waals surface area contributed by atoms with Crippen LogP contribution in [0.4, 0.5) is 0 Å². The van der Waals surface area contributed by atoms with Crippen molar-refractivity contribution in [2.45, 2.75) is 26.1 Å². The summed E-state index contributed by atoms with van der Waals surface area (Å²) >= 11 is 0. The third kappa shape index (κ3) is 4.47. The number of hydrogen-bond acceptors (Lipinski definition) is 3. The molecule has 0 saturated carbocycles. The molecule has 4 heteroatoms. The summed E-state index contributed by atoms with van der Waals surface area (Å²) in [7, 11) is 0. The van der Waals surface area contributed by atoms with Crippen LogP contribution in [0.15, 0.2) is 30.3 Å². The highest BCUT2D eigenvalue weighted by molar-refractivity contribution is 5.91. The molecule has 1 aliphatic heterocycles.